The van der Waals surface area contributed by atoms with E-state index in [1.165, 1.54) is 18.3 Å². The van der Waals surface area contributed by atoms with Gasteiger partial charge in [-0.1, -0.05) is 0 Å². The summed E-state index contributed by atoms with van der Waals surface area (Å²) in [6.45, 7) is 0.320. The molecule has 20 heavy (non-hydrogen) atoms. The molecule has 0 fully saturated rings. The lowest BCUT2D eigenvalue weighted by Crippen LogP contribution is -2.28. The Balaban J connectivity index is 1.99. The second-order valence-electron chi connectivity index (χ2n) is 4.07. The van der Waals surface area contributed by atoms with Crippen LogP contribution in [0.25, 0.3) is 0 Å². The van der Waals surface area contributed by atoms with Gasteiger partial charge >= 0.3 is 5.97 Å². The van der Waals surface area contributed by atoms with Gasteiger partial charge in [-0.25, -0.2) is 4.79 Å². The van der Waals surface area contributed by atoms with Crippen molar-refractivity contribution in [3.05, 3.63) is 41.7 Å². The quantitative estimate of drug-likeness (QED) is 0.787. The number of aryl methyl sites for hydroxylation is 1. The maximum atomic E-state index is 11.9. The molecule has 2 N–H and O–H groups in total. The fourth-order valence-corrected chi connectivity index (χ4v) is 1.66. The number of pyridine rings is 1. The van der Waals surface area contributed by atoms with Crippen molar-refractivity contribution in [2.75, 3.05) is 6.54 Å². The zero-order valence-electron chi connectivity index (χ0n) is 10.8. The average molecular weight is 275 g/mol. The van der Waals surface area contributed by atoms with Gasteiger partial charge in [0.05, 0.1) is 5.56 Å². The molecule has 1 amide bonds. The molecule has 0 radical (unpaired) electrons. The molecule has 0 unspecified atom stereocenters. The summed E-state index contributed by atoms with van der Waals surface area (Å²) in [7, 11) is 1.80. The Morgan fingerprint density at radius 1 is 1.45 bits per heavy atom. The van der Waals surface area contributed by atoms with Gasteiger partial charge in [0.25, 0.3) is 5.91 Å². The lowest BCUT2D eigenvalue weighted by Gasteiger charge is -2.06. The SMILES string of the molecule is Cn1cnnc1CCNC(=O)c1ncccc1C(=O)O. The van der Waals surface area contributed by atoms with Gasteiger partial charge in [-0.05, 0) is 12.1 Å². The second-order valence-corrected chi connectivity index (χ2v) is 4.07. The molecule has 0 saturated heterocycles. The van der Waals surface area contributed by atoms with E-state index >= 15 is 0 Å². The first-order chi connectivity index (χ1) is 9.59. The first-order valence-electron chi connectivity index (χ1n) is 5.89. The molecule has 0 atom stereocenters. The Morgan fingerprint density at radius 3 is 2.90 bits per heavy atom. The molecule has 104 valence electrons. The molecule has 8 nitrogen and oxygen atoms in total. The van der Waals surface area contributed by atoms with Crippen molar-refractivity contribution in [2.24, 2.45) is 7.05 Å². The fourth-order valence-electron chi connectivity index (χ4n) is 1.66. The van der Waals surface area contributed by atoms with Crippen molar-refractivity contribution in [1.29, 1.82) is 0 Å². The lowest BCUT2D eigenvalue weighted by atomic mass is 10.2. The predicted octanol–water partition coefficient (Wildman–Crippen LogP) is -0.119. The minimum atomic E-state index is -1.18. The molecule has 0 aromatic carbocycles. The van der Waals surface area contributed by atoms with Crippen molar-refractivity contribution >= 4 is 11.9 Å². The summed E-state index contributed by atoms with van der Waals surface area (Å²) >= 11 is 0. The van der Waals surface area contributed by atoms with Crippen molar-refractivity contribution in [3.63, 3.8) is 0 Å². The highest BCUT2D eigenvalue weighted by Gasteiger charge is 2.17. The van der Waals surface area contributed by atoms with E-state index < -0.39 is 11.9 Å². The van der Waals surface area contributed by atoms with Gasteiger partial charge in [-0.15, -0.1) is 10.2 Å². The Morgan fingerprint density at radius 2 is 2.25 bits per heavy atom. The van der Waals surface area contributed by atoms with Crippen LogP contribution in [0.15, 0.2) is 24.7 Å². The maximum Gasteiger partial charge on any atom is 0.338 e. The van der Waals surface area contributed by atoms with Crippen LogP contribution in [-0.2, 0) is 13.5 Å². The molecule has 2 aromatic heterocycles. The maximum absolute atomic E-state index is 11.9. The van der Waals surface area contributed by atoms with Crippen molar-refractivity contribution < 1.29 is 14.7 Å². The Hall–Kier alpha value is -2.77. The number of nitrogens with zero attached hydrogens (tertiary/aromatic N) is 4. The number of nitrogens with one attached hydrogen (secondary N) is 1. The van der Waals surface area contributed by atoms with Crippen LogP contribution in [0, 0.1) is 0 Å². The van der Waals surface area contributed by atoms with E-state index in [1.54, 1.807) is 17.9 Å². The van der Waals surface area contributed by atoms with E-state index in [1.807, 2.05) is 0 Å². The third-order valence-electron chi connectivity index (χ3n) is 2.69. The molecule has 2 rings (SSSR count). The molecule has 2 heterocycles. The molecule has 0 bridgehead atoms. The number of carboxylic acid groups (broad SMARTS) is 1. The first kappa shape index (κ1) is 13.7. The van der Waals surface area contributed by atoms with E-state index in [9.17, 15) is 9.59 Å². The molecule has 8 heteroatoms. The number of aromatic nitrogens is 4. The molecular weight excluding hydrogens is 262 g/mol. The van der Waals surface area contributed by atoms with Gasteiger partial charge in [0.2, 0.25) is 0 Å². The number of amides is 1. The molecular formula is C12H13N5O3. The number of carbonyl (C=O) groups is 2. The van der Waals surface area contributed by atoms with Crippen molar-refractivity contribution in [3.8, 4) is 0 Å². The highest BCUT2D eigenvalue weighted by atomic mass is 16.4. The van der Waals surface area contributed by atoms with E-state index in [2.05, 4.69) is 20.5 Å². The standard InChI is InChI=1S/C12H13N5O3/c1-17-7-15-16-9(17)4-6-14-11(18)10-8(12(19)20)3-2-5-13-10/h2-3,5,7H,4,6H2,1H3,(H,14,18)(H,19,20). The second kappa shape index (κ2) is 5.91. The highest BCUT2D eigenvalue weighted by Crippen LogP contribution is 2.05. The molecule has 0 aliphatic carbocycles. The van der Waals surface area contributed by atoms with Gasteiger partial charge in [0, 0.05) is 26.2 Å². The average Bonchev–Trinajstić information content (AvgIpc) is 2.84. The van der Waals surface area contributed by atoms with Crippen LogP contribution in [0.5, 0.6) is 0 Å². The normalized spacial score (nSPS) is 10.2. The topological polar surface area (TPSA) is 110 Å². The first-order valence-corrected chi connectivity index (χ1v) is 5.89. The highest BCUT2D eigenvalue weighted by molar-refractivity contribution is 6.03. The minimum Gasteiger partial charge on any atom is -0.478 e. The van der Waals surface area contributed by atoms with Crippen LogP contribution >= 0.6 is 0 Å². The predicted molar refractivity (Wildman–Crippen MR) is 68.2 cm³/mol. The third-order valence-corrected chi connectivity index (χ3v) is 2.69. The lowest BCUT2D eigenvalue weighted by molar-refractivity contribution is 0.0690. The van der Waals surface area contributed by atoms with Crippen molar-refractivity contribution in [2.45, 2.75) is 6.42 Å². The Bertz CT molecular complexity index is 638. The molecule has 0 saturated carbocycles. The van der Waals surface area contributed by atoms with Crippen LogP contribution in [0.2, 0.25) is 0 Å². The van der Waals surface area contributed by atoms with E-state index in [4.69, 9.17) is 5.11 Å². The Labute approximate surface area is 114 Å². The van der Waals surface area contributed by atoms with Gasteiger partial charge in [-0.3, -0.25) is 9.78 Å². The number of aromatic carboxylic acids is 1. The molecule has 0 spiro atoms. The van der Waals surface area contributed by atoms with Gasteiger partial charge < -0.3 is 15.0 Å². The molecule has 0 aliphatic heterocycles. The van der Waals surface area contributed by atoms with Gasteiger partial charge in [0.15, 0.2) is 0 Å². The third kappa shape index (κ3) is 2.97. The number of rotatable bonds is 5. The summed E-state index contributed by atoms with van der Waals surface area (Å²) in [6, 6.07) is 2.81. The van der Waals surface area contributed by atoms with Crippen LogP contribution in [0.1, 0.15) is 26.7 Å². The largest absolute Gasteiger partial charge is 0.478 e. The molecule has 0 aliphatic rings. The number of hydrogen-bond acceptors (Lipinski definition) is 5. The number of hydrogen-bond donors (Lipinski definition) is 2. The monoisotopic (exact) mass is 275 g/mol. The van der Waals surface area contributed by atoms with E-state index in [0.29, 0.717) is 13.0 Å². The zero-order chi connectivity index (χ0) is 14.5. The van der Waals surface area contributed by atoms with Crippen LogP contribution in [-0.4, -0.2) is 43.3 Å². The van der Waals surface area contributed by atoms with Crippen LogP contribution in [0.4, 0.5) is 0 Å². The van der Waals surface area contributed by atoms with Crippen LogP contribution < -0.4 is 5.32 Å². The minimum absolute atomic E-state index is 0.0991. The summed E-state index contributed by atoms with van der Waals surface area (Å²) in [5, 5.41) is 19.2. The smallest absolute Gasteiger partial charge is 0.338 e. The van der Waals surface area contributed by atoms with Crippen molar-refractivity contribution in [1.82, 2.24) is 25.1 Å². The zero-order valence-corrected chi connectivity index (χ0v) is 10.8. The summed E-state index contributed by atoms with van der Waals surface area (Å²) < 4.78 is 1.75. The molecule has 2 aromatic rings. The number of carboxylic acids is 1. The van der Waals surface area contributed by atoms with E-state index in [-0.39, 0.29) is 11.3 Å². The van der Waals surface area contributed by atoms with Crippen LogP contribution in [0.3, 0.4) is 0 Å². The summed E-state index contributed by atoms with van der Waals surface area (Å²) in [5.74, 6) is -0.980. The van der Waals surface area contributed by atoms with E-state index in [0.717, 1.165) is 5.82 Å². The summed E-state index contributed by atoms with van der Waals surface area (Å²) in [4.78, 5) is 26.7. The summed E-state index contributed by atoms with van der Waals surface area (Å²) in [5.41, 5.74) is -0.221. The van der Waals surface area contributed by atoms with Gasteiger partial charge in [0.1, 0.15) is 17.8 Å². The number of carbonyl (C=O) groups excluding carboxylic acids is 1. The fraction of sp³-hybridized carbons (Fsp3) is 0.250. The summed E-state index contributed by atoms with van der Waals surface area (Å²) in [6.07, 6.45) is 3.44. The Kier molecular flexibility index (Phi) is 4.04. The van der Waals surface area contributed by atoms with Gasteiger partial charge in [-0.2, -0.15) is 0 Å².